The molecular weight excluding hydrogens is 369 g/mol. The Morgan fingerprint density at radius 2 is 2.04 bits per heavy atom. The molecule has 0 radical (unpaired) electrons. The van der Waals surface area contributed by atoms with Crippen LogP contribution in [0.4, 0.5) is 13.2 Å². The Balaban J connectivity index is 2.07. The molecule has 6 nitrogen and oxygen atoms in total. The lowest BCUT2D eigenvalue weighted by atomic mass is 10.1. The number of alkyl halides is 3. The van der Waals surface area contributed by atoms with Gasteiger partial charge in [0, 0.05) is 17.5 Å². The summed E-state index contributed by atoms with van der Waals surface area (Å²) in [5, 5.41) is 6.70. The molecule has 10 heteroatoms. The van der Waals surface area contributed by atoms with Crippen molar-refractivity contribution in [3.05, 3.63) is 57.5 Å². The van der Waals surface area contributed by atoms with Crippen LogP contribution in [0.2, 0.25) is 0 Å². The van der Waals surface area contributed by atoms with Crippen LogP contribution in [0.25, 0.3) is 5.69 Å². The fourth-order valence-electron chi connectivity index (χ4n) is 2.41. The number of aryl methyl sites for hydroxylation is 1. The number of aromatic nitrogens is 2. The number of carbonyl (C=O) groups is 1. The number of aliphatic imine (C=N–C) groups is 1. The highest BCUT2D eigenvalue weighted by Gasteiger charge is 2.34. The number of amides is 1. The van der Waals surface area contributed by atoms with Gasteiger partial charge in [0.25, 0.3) is 5.91 Å². The predicted molar refractivity (Wildman–Crippen MR) is 91.8 cm³/mol. The summed E-state index contributed by atoms with van der Waals surface area (Å²) in [5.41, 5.74) is -2.18. The summed E-state index contributed by atoms with van der Waals surface area (Å²) in [6, 6.07) is 5.91. The summed E-state index contributed by atoms with van der Waals surface area (Å²) in [7, 11) is 0. The maximum absolute atomic E-state index is 13.3. The van der Waals surface area contributed by atoms with E-state index in [-0.39, 0.29) is 11.4 Å². The second kappa shape index (κ2) is 6.94. The van der Waals surface area contributed by atoms with E-state index in [1.54, 1.807) is 0 Å². The van der Waals surface area contributed by atoms with Gasteiger partial charge in [-0.1, -0.05) is 23.9 Å². The molecule has 3 rings (SSSR count). The lowest BCUT2D eigenvalue weighted by Gasteiger charge is -2.16. The standard InChI is InChI=1S/C16H13F3N4O2S/c1-9-8-12(24)13(14(25)21-15-20-6-7-26-15)22-23(9)11-5-3-2-4-10(11)16(17,18)19/h2-5,8H,6-7H2,1H3,(H,20,21,25). The van der Waals surface area contributed by atoms with E-state index in [4.69, 9.17) is 0 Å². The number of thioether (sulfide) groups is 1. The number of hydrogen-bond donors (Lipinski definition) is 1. The van der Waals surface area contributed by atoms with Gasteiger partial charge < -0.3 is 0 Å². The topological polar surface area (TPSA) is 76.3 Å². The molecule has 0 saturated carbocycles. The van der Waals surface area contributed by atoms with Gasteiger partial charge in [-0.25, -0.2) is 4.68 Å². The van der Waals surface area contributed by atoms with Gasteiger partial charge in [0.05, 0.1) is 17.8 Å². The zero-order chi connectivity index (χ0) is 18.9. The van der Waals surface area contributed by atoms with E-state index < -0.39 is 28.8 Å². The van der Waals surface area contributed by atoms with Gasteiger partial charge in [0.1, 0.15) is 0 Å². The van der Waals surface area contributed by atoms with Gasteiger partial charge in [0.15, 0.2) is 10.9 Å². The molecule has 0 fully saturated rings. The third-order valence-corrected chi connectivity index (χ3v) is 4.46. The lowest BCUT2D eigenvalue weighted by Crippen LogP contribution is -2.34. The Hall–Kier alpha value is -2.62. The quantitative estimate of drug-likeness (QED) is 0.865. The molecule has 0 spiro atoms. The number of nitrogens with zero attached hydrogens (tertiary/aromatic N) is 3. The molecule has 2 heterocycles. The first-order chi connectivity index (χ1) is 12.3. The first-order valence-corrected chi connectivity index (χ1v) is 8.52. The van der Waals surface area contributed by atoms with E-state index in [2.05, 4.69) is 15.4 Å². The van der Waals surface area contributed by atoms with Crippen molar-refractivity contribution in [2.45, 2.75) is 13.1 Å². The molecule has 1 aromatic heterocycles. The number of halogens is 3. The van der Waals surface area contributed by atoms with Crippen molar-refractivity contribution < 1.29 is 18.0 Å². The van der Waals surface area contributed by atoms with Crippen LogP contribution >= 0.6 is 11.8 Å². The first-order valence-electron chi connectivity index (χ1n) is 7.53. The van der Waals surface area contributed by atoms with Gasteiger partial charge in [-0.05, 0) is 19.1 Å². The van der Waals surface area contributed by atoms with E-state index in [0.717, 1.165) is 16.8 Å². The first kappa shape index (κ1) is 18.2. The third-order valence-electron chi connectivity index (χ3n) is 3.57. The summed E-state index contributed by atoms with van der Waals surface area (Å²) in [4.78, 5) is 28.4. The van der Waals surface area contributed by atoms with Crippen molar-refractivity contribution in [1.29, 1.82) is 0 Å². The molecule has 1 aromatic carbocycles. The number of benzene rings is 1. The van der Waals surface area contributed by atoms with Gasteiger partial charge in [0.2, 0.25) is 5.43 Å². The molecule has 136 valence electrons. The zero-order valence-electron chi connectivity index (χ0n) is 13.5. The zero-order valence-corrected chi connectivity index (χ0v) is 14.3. The molecule has 2 aromatic rings. The maximum Gasteiger partial charge on any atom is 0.418 e. The lowest BCUT2D eigenvalue weighted by molar-refractivity contribution is -0.137. The predicted octanol–water partition coefficient (Wildman–Crippen LogP) is 2.39. The SMILES string of the molecule is Cc1cc(=O)c(C(=O)NC2=NCCS2)nn1-c1ccccc1C(F)(F)F. The number of amidine groups is 1. The van der Waals surface area contributed by atoms with E-state index in [1.807, 2.05) is 0 Å². The van der Waals surface area contributed by atoms with Gasteiger partial charge in [-0.3, -0.25) is 19.9 Å². The largest absolute Gasteiger partial charge is 0.418 e. The van der Waals surface area contributed by atoms with Crippen LogP contribution in [0.15, 0.2) is 40.1 Å². The van der Waals surface area contributed by atoms with Gasteiger partial charge in [-0.15, -0.1) is 0 Å². The molecule has 1 N–H and O–H groups in total. The third kappa shape index (κ3) is 3.64. The molecule has 1 amide bonds. The van der Waals surface area contributed by atoms with E-state index in [1.165, 1.54) is 36.9 Å². The second-order valence-corrected chi connectivity index (χ2v) is 6.50. The highest BCUT2D eigenvalue weighted by molar-refractivity contribution is 8.14. The van der Waals surface area contributed by atoms with Gasteiger partial charge >= 0.3 is 6.18 Å². The molecule has 0 unspecified atom stereocenters. The number of nitrogens with one attached hydrogen (secondary N) is 1. The molecular formula is C16H13F3N4O2S. The van der Waals surface area contributed by atoms with Crippen LogP contribution in [0.5, 0.6) is 0 Å². The van der Waals surface area contributed by atoms with Crippen LogP contribution < -0.4 is 10.7 Å². The number of para-hydroxylation sites is 1. The van der Waals surface area contributed by atoms with E-state index in [9.17, 15) is 22.8 Å². The summed E-state index contributed by atoms with van der Waals surface area (Å²) in [6.07, 6.45) is -4.61. The second-order valence-electron chi connectivity index (χ2n) is 5.41. The molecule has 1 aliphatic rings. The molecule has 26 heavy (non-hydrogen) atoms. The summed E-state index contributed by atoms with van der Waals surface area (Å²) in [6.45, 7) is 1.99. The van der Waals surface area contributed by atoms with Gasteiger partial charge in [-0.2, -0.15) is 18.3 Å². The number of carbonyl (C=O) groups excluding carboxylic acids is 1. The Morgan fingerprint density at radius 3 is 2.69 bits per heavy atom. The Kier molecular flexibility index (Phi) is 4.86. The number of hydrogen-bond acceptors (Lipinski definition) is 5. The smallest absolute Gasteiger partial charge is 0.300 e. The molecule has 1 aliphatic heterocycles. The maximum atomic E-state index is 13.3. The summed E-state index contributed by atoms with van der Waals surface area (Å²) in [5.74, 6) is -0.0958. The fourth-order valence-corrected chi connectivity index (χ4v) is 3.14. The van der Waals surface area contributed by atoms with Crippen molar-refractivity contribution in [1.82, 2.24) is 15.1 Å². The average Bonchev–Trinajstić information content (AvgIpc) is 3.07. The van der Waals surface area contributed by atoms with Crippen LogP contribution in [0.1, 0.15) is 21.7 Å². The average molecular weight is 382 g/mol. The van der Waals surface area contributed by atoms with Crippen LogP contribution in [-0.2, 0) is 6.18 Å². The highest BCUT2D eigenvalue weighted by Crippen LogP contribution is 2.33. The van der Waals surface area contributed by atoms with Crippen molar-refractivity contribution in [2.75, 3.05) is 12.3 Å². The minimum absolute atomic E-state index is 0.177. The summed E-state index contributed by atoms with van der Waals surface area (Å²) >= 11 is 1.31. The molecule has 0 bridgehead atoms. The molecule has 0 saturated heterocycles. The van der Waals surface area contributed by atoms with Crippen molar-refractivity contribution in [3.63, 3.8) is 0 Å². The van der Waals surface area contributed by atoms with Crippen LogP contribution in [0.3, 0.4) is 0 Å². The van der Waals surface area contributed by atoms with Crippen molar-refractivity contribution >= 4 is 22.8 Å². The Morgan fingerprint density at radius 1 is 1.31 bits per heavy atom. The van der Waals surface area contributed by atoms with E-state index in [0.29, 0.717) is 17.5 Å². The minimum atomic E-state index is -4.61. The fraction of sp³-hybridized carbons (Fsp3) is 0.250. The summed E-state index contributed by atoms with van der Waals surface area (Å²) < 4.78 is 40.8. The minimum Gasteiger partial charge on any atom is -0.300 e. The monoisotopic (exact) mass is 382 g/mol. The van der Waals surface area contributed by atoms with Crippen LogP contribution in [-0.4, -0.2) is 33.2 Å². The molecule has 0 atom stereocenters. The van der Waals surface area contributed by atoms with Crippen LogP contribution in [0, 0.1) is 6.92 Å². The Bertz CT molecular complexity index is 953. The normalized spacial score (nSPS) is 14.2. The molecule has 0 aliphatic carbocycles. The van der Waals surface area contributed by atoms with E-state index >= 15 is 0 Å². The number of rotatable bonds is 2. The van der Waals surface area contributed by atoms with Crippen molar-refractivity contribution in [2.24, 2.45) is 4.99 Å². The highest BCUT2D eigenvalue weighted by atomic mass is 32.2. The Labute approximate surface area is 150 Å². The van der Waals surface area contributed by atoms with Crippen molar-refractivity contribution in [3.8, 4) is 5.69 Å².